The summed E-state index contributed by atoms with van der Waals surface area (Å²) in [7, 11) is 0. The summed E-state index contributed by atoms with van der Waals surface area (Å²) >= 11 is 0. The van der Waals surface area contributed by atoms with E-state index < -0.39 is 5.97 Å². The van der Waals surface area contributed by atoms with E-state index in [2.05, 4.69) is 6.92 Å². The van der Waals surface area contributed by atoms with Crippen LogP contribution in [0.2, 0.25) is 0 Å². The molecule has 0 saturated carbocycles. The Morgan fingerprint density at radius 1 is 1.41 bits per heavy atom. The molecular formula is C14H18O3. The molecule has 92 valence electrons. The number of ether oxygens (including phenoxy) is 1. The fourth-order valence-corrected chi connectivity index (χ4v) is 1.42. The van der Waals surface area contributed by atoms with E-state index in [1.54, 1.807) is 6.08 Å². The van der Waals surface area contributed by atoms with Gasteiger partial charge < -0.3 is 9.84 Å². The van der Waals surface area contributed by atoms with Gasteiger partial charge in [-0.15, -0.1) is 0 Å². The van der Waals surface area contributed by atoms with Gasteiger partial charge in [0.15, 0.2) is 0 Å². The van der Waals surface area contributed by atoms with Gasteiger partial charge in [-0.25, -0.2) is 4.79 Å². The number of carboxylic acid groups (broad SMARTS) is 1. The van der Waals surface area contributed by atoms with Crippen LogP contribution in [0.1, 0.15) is 30.9 Å². The van der Waals surface area contributed by atoms with Gasteiger partial charge >= 0.3 is 5.97 Å². The second-order valence-electron chi connectivity index (χ2n) is 3.78. The quantitative estimate of drug-likeness (QED) is 0.582. The van der Waals surface area contributed by atoms with Crippen LogP contribution in [0.15, 0.2) is 30.3 Å². The van der Waals surface area contributed by atoms with Crippen LogP contribution in [0.25, 0.3) is 6.08 Å². The van der Waals surface area contributed by atoms with Gasteiger partial charge in [-0.2, -0.15) is 0 Å². The Morgan fingerprint density at radius 2 is 2.18 bits per heavy atom. The van der Waals surface area contributed by atoms with Crippen molar-refractivity contribution in [2.75, 3.05) is 6.61 Å². The lowest BCUT2D eigenvalue weighted by molar-refractivity contribution is -0.131. The smallest absolute Gasteiger partial charge is 0.328 e. The van der Waals surface area contributed by atoms with Crippen molar-refractivity contribution in [3.63, 3.8) is 0 Å². The number of unbranched alkanes of at least 4 members (excludes halogenated alkanes) is 1. The lowest BCUT2D eigenvalue weighted by atomic mass is 10.1. The molecule has 0 fully saturated rings. The van der Waals surface area contributed by atoms with Crippen LogP contribution in [0.3, 0.4) is 0 Å². The standard InChI is InChI=1S/C14H18O3/c1-2-3-10-17-11-13-7-5-4-6-12(13)8-9-14(15)16/h4-9H,2-3,10-11H2,1H3,(H,15,16). The molecule has 1 aromatic carbocycles. The van der Waals surface area contributed by atoms with Crippen molar-refractivity contribution in [2.24, 2.45) is 0 Å². The second kappa shape index (κ2) is 7.63. The number of rotatable bonds is 7. The monoisotopic (exact) mass is 234 g/mol. The first kappa shape index (κ1) is 13.5. The molecule has 0 amide bonds. The first-order valence-electron chi connectivity index (χ1n) is 5.80. The van der Waals surface area contributed by atoms with Crippen LogP contribution in [0, 0.1) is 0 Å². The third-order valence-electron chi connectivity index (χ3n) is 2.36. The van der Waals surface area contributed by atoms with E-state index in [4.69, 9.17) is 9.84 Å². The zero-order valence-electron chi connectivity index (χ0n) is 10.1. The molecule has 3 nitrogen and oxygen atoms in total. The average Bonchev–Trinajstić information content (AvgIpc) is 2.33. The Kier molecular flexibility index (Phi) is 6.04. The molecule has 3 heteroatoms. The van der Waals surface area contributed by atoms with Gasteiger partial charge in [0.25, 0.3) is 0 Å². The van der Waals surface area contributed by atoms with Crippen LogP contribution >= 0.6 is 0 Å². The lowest BCUT2D eigenvalue weighted by Gasteiger charge is -2.06. The summed E-state index contributed by atoms with van der Waals surface area (Å²) in [6.45, 7) is 3.39. The Hall–Kier alpha value is -1.61. The van der Waals surface area contributed by atoms with Crippen molar-refractivity contribution in [1.29, 1.82) is 0 Å². The maximum Gasteiger partial charge on any atom is 0.328 e. The SMILES string of the molecule is CCCCOCc1ccccc1C=CC(=O)O. The highest BCUT2D eigenvalue weighted by atomic mass is 16.5. The van der Waals surface area contributed by atoms with Gasteiger partial charge in [-0.05, 0) is 23.6 Å². The molecule has 0 aliphatic rings. The van der Waals surface area contributed by atoms with Crippen molar-refractivity contribution in [2.45, 2.75) is 26.4 Å². The molecule has 17 heavy (non-hydrogen) atoms. The minimum absolute atomic E-state index is 0.528. The molecular weight excluding hydrogens is 216 g/mol. The van der Waals surface area contributed by atoms with E-state index in [9.17, 15) is 4.79 Å². The van der Waals surface area contributed by atoms with Crippen LogP contribution in [0.5, 0.6) is 0 Å². The van der Waals surface area contributed by atoms with Crippen LogP contribution in [0.4, 0.5) is 0 Å². The molecule has 0 spiro atoms. The summed E-state index contributed by atoms with van der Waals surface area (Å²) in [6.07, 6.45) is 4.90. The zero-order valence-corrected chi connectivity index (χ0v) is 10.1. The number of hydrogen-bond donors (Lipinski definition) is 1. The molecule has 1 aromatic rings. The molecule has 0 saturated heterocycles. The number of aliphatic carboxylic acids is 1. The van der Waals surface area contributed by atoms with Gasteiger partial charge in [0.05, 0.1) is 6.61 Å². The maximum atomic E-state index is 10.5. The minimum atomic E-state index is -0.938. The number of carbonyl (C=O) groups is 1. The highest BCUT2D eigenvalue weighted by Gasteiger charge is 1.99. The third kappa shape index (κ3) is 5.31. The molecule has 0 bridgehead atoms. The minimum Gasteiger partial charge on any atom is -0.478 e. The van der Waals surface area contributed by atoms with Gasteiger partial charge in [-0.1, -0.05) is 37.6 Å². The number of hydrogen-bond acceptors (Lipinski definition) is 2. The first-order chi connectivity index (χ1) is 8.24. The summed E-state index contributed by atoms with van der Waals surface area (Å²) < 4.78 is 5.53. The third-order valence-corrected chi connectivity index (χ3v) is 2.36. The first-order valence-corrected chi connectivity index (χ1v) is 5.80. The highest BCUT2D eigenvalue weighted by molar-refractivity contribution is 5.85. The second-order valence-corrected chi connectivity index (χ2v) is 3.78. The summed E-state index contributed by atoms with van der Waals surface area (Å²) in [5.74, 6) is -0.938. The van der Waals surface area contributed by atoms with Crippen LogP contribution in [-0.2, 0) is 16.1 Å². The maximum absolute atomic E-state index is 10.5. The van der Waals surface area contributed by atoms with Crippen molar-refractivity contribution < 1.29 is 14.6 Å². The van der Waals surface area contributed by atoms with Gasteiger partial charge in [-0.3, -0.25) is 0 Å². The Labute approximate surface area is 102 Å². The largest absolute Gasteiger partial charge is 0.478 e. The Bertz CT molecular complexity index is 383. The predicted octanol–water partition coefficient (Wildman–Crippen LogP) is 3.10. The highest BCUT2D eigenvalue weighted by Crippen LogP contribution is 2.12. The van der Waals surface area contributed by atoms with E-state index in [0.29, 0.717) is 6.61 Å². The zero-order chi connectivity index (χ0) is 12.5. The average molecular weight is 234 g/mol. The fraction of sp³-hybridized carbons (Fsp3) is 0.357. The molecule has 1 rings (SSSR count). The van der Waals surface area contributed by atoms with Crippen molar-refractivity contribution >= 4 is 12.0 Å². The number of benzene rings is 1. The predicted molar refractivity (Wildman–Crippen MR) is 67.7 cm³/mol. The summed E-state index contributed by atoms with van der Waals surface area (Å²) in [4.78, 5) is 10.5. The Balaban J connectivity index is 2.61. The van der Waals surface area contributed by atoms with Crippen LogP contribution < -0.4 is 0 Å². The normalized spacial score (nSPS) is 10.9. The lowest BCUT2D eigenvalue weighted by Crippen LogP contribution is -1.97. The van der Waals surface area contributed by atoms with Crippen molar-refractivity contribution in [3.8, 4) is 0 Å². The van der Waals surface area contributed by atoms with Crippen LogP contribution in [-0.4, -0.2) is 17.7 Å². The number of carboxylic acids is 1. The Morgan fingerprint density at radius 3 is 2.88 bits per heavy atom. The molecule has 0 radical (unpaired) electrons. The molecule has 0 aliphatic heterocycles. The van der Waals surface area contributed by atoms with E-state index in [1.807, 2.05) is 24.3 Å². The molecule has 1 N–H and O–H groups in total. The molecule has 0 aromatic heterocycles. The van der Waals surface area contributed by atoms with E-state index in [1.165, 1.54) is 0 Å². The summed E-state index contributed by atoms with van der Waals surface area (Å²) in [5.41, 5.74) is 1.91. The summed E-state index contributed by atoms with van der Waals surface area (Å²) in [6, 6.07) is 7.65. The van der Waals surface area contributed by atoms with E-state index >= 15 is 0 Å². The topological polar surface area (TPSA) is 46.5 Å². The molecule has 0 aliphatic carbocycles. The molecule has 0 atom stereocenters. The summed E-state index contributed by atoms with van der Waals surface area (Å²) in [5, 5.41) is 8.59. The fourth-order valence-electron chi connectivity index (χ4n) is 1.42. The van der Waals surface area contributed by atoms with Gasteiger partial charge in [0, 0.05) is 12.7 Å². The van der Waals surface area contributed by atoms with Gasteiger partial charge in [0.1, 0.15) is 0 Å². The van der Waals surface area contributed by atoms with Gasteiger partial charge in [0.2, 0.25) is 0 Å². The van der Waals surface area contributed by atoms with E-state index in [-0.39, 0.29) is 0 Å². The van der Waals surface area contributed by atoms with E-state index in [0.717, 1.165) is 36.7 Å². The molecule has 0 heterocycles. The molecule has 0 unspecified atom stereocenters. The van der Waals surface area contributed by atoms with Crippen molar-refractivity contribution in [1.82, 2.24) is 0 Å². The van der Waals surface area contributed by atoms with Crippen molar-refractivity contribution in [3.05, 3.63) is 41.5 Å².